The minimum atomic E-state index is -0.494. The van der Waals surface area contributed by atoms with Crippen LogP contribution in [0, 0.1) is 0 Å². The van der Waals surface area contributed by atoms with Gasteiger partial charge in [-0.2, -0.15) is 0 Å². The average Bonchev–Trinajstić information content (AvgIpc) is 2.86. The highest BCUT2D eigenvalue weighted by Gasteiger charge is 2.27. The first-order chi connectivity index (χ1) is 17.4. The molecule has 1 aliphatic carbocycles. The van der Waals surface area contributed by atoms with Crippen molar-refractivity contribution in [3.63, 3.8) is 0 Å². The van der Waals surface area contributed by atoms with Gasteiger partial charge in [0, 0.05) is 56.9 Å². The summed E-state index contributed by atoms with van der Waals surface area (Å²) in [5.74, 6) is -0.696. The molecular weight excluding hydrogens is 454 g/mol. The van der Waals surface area contributed by atoms with Crippen LogP contribution < -0.4 is 10.7 Å². The molecule has 1 saturated carbocycles. The highest BCUT2D eigenvalue weighted by Crippen LogP contribution is 2.18. The molecule has 8 heteroatoms. The number of nitrogens with one attached hydrogen (secondary N) is 1. The van der Waals surface area contributed by atoms with E-state index in [4.69, 9.17) is 0 Å². The molecule has 2 fully saturated rings. The Morgan fingerprint density at radius 3 is 2.28 bits per heavy atom. The number of amides is 2. The molecule has 8 nitrogen and oxygen atoms in total. The fourth-order valence-corrected chi connectivity index (χ4v) is 5.19. The Balaban J connectivity index is 1.60. The summed E-state index contributed by atoms with van der Waals surface area (Å²) in [6, 6.07) is 6.10. The molecular formula is C28H39N5O3. The zero-order chi connectivity index (χ0) is 25.5. The van der Waals surface area contributed by atoms with E-state index in [9.17, 15) is 14.4 Å². The number of rotatable bonds is 6. The number of hydrogen-bond acceptors (Lipinski definition) is 5. The summed E-state index contributed by atoms with van der Waals surface area (Å²) in [6.07, 6.45) is 12.5. The van der Waals surface area contributed by atoms with Gasteiger partial charge in [0.25, 0.3) is 11.8 Å². The summed E-state index contributed by atoms with van der Waals surface area (Å²) in [4.78, 5) is 48.7. The maximum atomic E-state index is 13.5. The Labute approximate surface area is 213 Å². The van der Waals surface area contributed by atoms with Gasteiger partial charge in [-0.25, -0.2) is 0 Å². The number of piperazine rings is 1. The Hall–Kier alpha value is -3.00. The highest BCUT2D eigenvalue weighted by molar-refractivity contribution is 5.99. The van der Waals surface area contributed by atoms with Crippen molar-refractivity contribution >= 4 is 11.8 Å². The van der Waals surface area contributed by atoms with Crippen LogP contribution in [0.1, 0.15) is 85.2 Å². The van der Waals surface area contributed by atoms with Gasteiger partial charge in [0.05, 0.1) is 12.2 Å². The second kappa shape index (κ2) is 12.3. The monoisotopic (exact) mass is 493 g/mol. The standard InChI is InChI=1S/C28H39N5O3/c1-21(2)32-14-16-33(17-15-32)28(36)25-20-31(18-23-12-8-9-13-29-23)19-24(26(25)34)27(35)30-22-10-6-4-3-5-7-11-22/h8-9,12-13,19-22H,3-7,10-11,14-18H2,1-2H3,(H,30,35). The fraction of sp³-hybridized carbons (Fsp3) is 0.571. The Bertz CT molecular complexity index is 1080. The van der Waals surface area contributed by atoms with Crippen LogP contribution >= 0.6 is 0 Å². The number of pyridine rings is 2. The van der Waals surface area contributed by atoms with Crippen molar-refractivity contribution < 1.29 is 9.59 Å². The third kappa shape index (κ3) is 6.60. The molecule has 2 amide bonds. The van der Waals surface area contributed by atoms with Gasteiger partial charge in [-0.3, -0.25) is 24.3 Å². The van der Waals surface area contributed by atoms with Crippen LogP contribution in [0.4, 0.5) is 0 Å². The summed E-state index contributed by atoms with van der Waals surface area (Å²) in [5.41, 5.74) is 0.372. The van der Waals surface area contributed by atoms with E-state index in [0.29, 0.717) is 25.7 Å². The molecule has 0 atom stereocenters. The van der Waals surface area contributed by atoms with Gasteiger partial charge >= 0.3 is 0 Å². The summed E-state index contributed by atoms with van der Waals surface area (Å²) in [5, 5.41) is 3.10. The summed E-state index contributed by atoms with van der Waals surface area (Å²) in [7, 11) is 0. The minimum absolute atomic E-state index is 0.0275. The number of carbonyl (C=O) groups excluding carboxylic acids is 2. The zero-order valence-corrected chi connectivity index (χ0v) is 21.6. The van der Waals surface area contributed by atoms with Crippen molar-refractivity contribution in [2.75, 3.05) is 26.2 Å². The van der Waals surface area contributed by atoms with E-state index >= 15 is 0 Å². The first-order valence-corrected chi connectivity index (χ1v) is 13.4. The van der Waals surface area contributed by atoms with Gasteiger partial charge in [-0.1, -0.05) is 38.2 Å². The molecule has 0 bridgehead atoms. The third-order valence-electron chi connectivity index (χ3n) is 7.40. The summed E-state index contributed by atoms with van der Waals surface area (Å²) < 4.78 is 1.74. The number of aromatic nitrogens is 2. The molecule has 1 N–H and O–H groups in total. The first-order valence-electron chi connectivity index (χ1n) is 13.4. The predicted octanol–water partition coefficient (Wildman–Crippen LogP) is 3.30. The topological polar surface area (TPSA) is 87.5 Å². The van der Waals surface area contributed by atoms with Crippen LogP contribution in [0.3, 0.4) is 0 Å². The second-order valence-corrected chi connectivity index (χ2v) is 10.3. The van der Waals surface area contributed by atoms with E-state index in [1.54, 1.807) is 28.1 Å². The summed E-state index contributed by atoms with van der Waals surface area (Å²) >= 11 is 0. The lowest BCUT2D eigenvalue weighted by Gasteiger charge is -2.36. The maximum absolute atomic E-state index is 13.5. The van der Waals surface area contributed by atoms with Crippen LogP contribution in [0.2, 0.25) is 0 Å². The molecule has 0 radical (unpaired) electrons. The molecule has 194 valence electrons. The molecule has 0 unspecified atom stereocenters. The molecule has 2 aromatic rings. The summed E-state index contributed by atoms with van der Waals surface area (Å²) in [6.45, 7) is 7.33. The fourth-order valence-electron chi connectivity index (χ4n) is 5.19. The van der Waals surface area contributed by atoms with Gasteiger partial charge in [-0.15, -0.1) is 0 Å². The quantitative estimate of drug-likeness (QED) is 0.667. The predicted molar refractivity (Wildman–Crippen MR) is 140 cm³/mol. The zero-order valence-electron chi connectivity index (χ0n) is 21.6. The SMILES string of the molecule is CC(C)N1CCN(C(=O)c2cn(Cc3ccccn3)cc(C(=O)NC3CCCCCCC3)c2=O)CC1. The lowest BCUT2D eigenvalue weighted by molar-refractivity contribution is 0.0593. The Morgan fingerprint density at radius 2 is 1.64 bits per heavy atom. The van der Waals surface area contributed by atoms with E-state index < -0.39 is 5.43 Å². The number of nitrogens with zero attached hydrogens (tertiary/aromatic N) is 4. The van der Waals surface area contributed by atoms with Crippen LogP contribution in [-0.2, 0) is 6.54 Å². The van der Waals surface area contributed by atoms with Crippen molar-refractivity contribution in [1.29, 1.82) is 0 Å². The van der Waals surface area contributed by atoms with E-state index in [1.807, 2.05) is 18.2 Å². The number of carbonyl (C=O) groups is 2. The van der Waals surface area contributed by atoms with Gasteiger partial charge in [0.1, 0.15) is 11.1 Å². The normalized spacial score (nSPS) is 18.0. The molecule has 1 saturated heterocycles. The molecule has 2 aliphatic rings. The van der Waals surface area contributed by atoms with Crippen LogP contribution in [-0.4, -0.2) is 69.4 Å². The Morgan fingerprint density at radius 1 is 0.972 bits per heavy atom. The van der Waals surface area contributed by atoms with Crippen LogP contribution in [0.15, 0.2) is 41.6 Å². The van der Waals surface area contributed by atoms with Crippen LogP contribution in [0.5, 0.6) is 0 Å². The largest absolute Gasteiger partial charge is 0.349 e. The van der Waals surface area contributed by atoms with Gasteiger partial charge in [0.15, 0.2) is 0 Å². The molecule has 3 heterocycles. The van der Waals surface area contributed by atoms with E-state index in [1.165, 1.54) is 19.3 Å². The van der Waals surface area contributed by atoms with E-state index in [-0.39, 0.29) is 29.0 Å². The van der Waals surface area contributed by atoms with Crippen LogP contribution in [0.25, 0.3) is 0 Å². The lowest BCUT2D eigenvalue weighted by atomic mass is 9.96. The van der Waals surface area contributed by atoms with E-state index in [2.05, 4.69) is 29.0 Å². The first kappa shape index (κ1) is 26.1. The molecule has 0 aromatic carbocycles. The smallest absolute Gasteiger partial charge is 0.259 e. The molecule has 4 rings (SSSR count). The van der Waals surface area contributed by atoms with Crippen molar-refractivity contribution in [2.45, 2.75) is 77.4 Å². The lowest BCUT2D eigenvalue weighted by Crippen LogP contribution is -2.51. The third-order valence-corrected chi connectivity index (χ3v) is 7.40. The molecule has 2 aromatic heterocycles. The Kier molecular flexibility index (Phi) is 8.91. The maximum Gasteiger partial charge on any atom is 0.259 e. The van der Waals surface area contributed by atoms with Crippen molar-refractivity contribution in [3.05, 3.63) is 63.8 Å². The van der Waals surface area contributed by atoms with Crippen molar-refractivity contribution in [3.8, 4) is 0 Å². The molecule has 1 aliphatic heterocycles. The van der Waals surface area contributed by atoms with Gasteiger partial charge in [-0.05, 0) is 38.8 Å². The number of hydrogen-bond donors (Lipinski definition) is 1. The van der Waals surface area contributed by atoms with Gasteiger partial charge in [0.2, 0.25) is 5.43 Å². The highest BCUT2D eigenvalue weighted by atomic mass is 16.2. The average molecular weight is 494 g/mol. The minimum Gasteiger partial charge on any atom is -0.349 e. The second-order valence-electron chi connectivity index (χ2n) is 10.3. The molecule has 36 heavy (non-hydrogen) atoms. The van der Waals surface area contributed by atoms with E-state index in [0.717, 1.165) is 44.5 Å². The van der Waals surface area contributed by atoms with Crippen molar-refractivity contribution in [1.82, 2.24) is 24.7 Å². The van der Waals surface area contributed by atoms with Gasteiger partial charge < -0.3 is 14.8 Å². The van der Waals surface area contributed by atoms with Crippen molar-refractivity contribution in [2.24, 2.45) is 0 Å². The molecule has 0 spiro atoms.